The summed E-state index contributed by atoms with van der Waals surface area (Å²) < 4.78 is 38.5. The minimum absolute atomic E-state index is 0.118. The van der Waals surface area contributed by atoms with E-state index in [1.807, 2.05) is 0 Å². The number of halogens is 3. The Balaban J connectivity index is 3.09. The van der Waals surface area contributed by atoms with Crippen molar-refractivity contribution >= 4 is 23.1 Å². The Bertz CT molecular complexity index is 507. The summed E-state index contributed by atoms with van der Waals surface area (Å²) in [7, 11) is 0. The summed E-state index contributed by atoms with van der Waals surface area (Å²) in [6, 6.07) is 2.46. The van der Waals surface area contributed by atoms with E-state index in [0.717, 1.165) is 6.07 Å². The number of aliphatic hydroxyl groups excluding tert-OH is 1. The number of anilines is 1. The van der Waals surface area contributed by atoms with Crippen LogP contribution in [-0.4, -0.2) is 34.2 Å². The Morgan fingerprint density at radius 2 is 2.10 bits per heavy atom. The third kappa shape index (κ3) is 4.50. The summed E-state index contributed by atoms with van der Waals surface area (Å²) in [5.41, 5.74) is -2.16. The van der Waals surface area contributed by atoms with Crippen LogP contribution in [0.2, 0.25) is 0 Å². The largest absolute Gasteiger partial charge is 0.423 e. The highest BCUT2D eigenvalue weighted by Crippen LogP contribution is 2.37. The van der Waals surface area contributed by atoms with Crippen molar-refractivity contribution in [2.45, 2.75) is 24.4 Å². The highest BCUT2D eigenvalue weighted by Gasteiger charge is 2.38. The fourth-order valence-corrected chi connectivity index (χ4v) is 2.43. The molecule has 9 heteroatoms. The molecular weight excluding hydrogens is 309 g/mol. The lowest BCUT2D eigenvalue weighted by Gasteiger charge is -2.22. The predicted molar refractivity (Wildman–Crippen MR) is 75.6 cm³/mol. The van der Waals surface area contributed by atoms with Crippen LogP contribution in [0.15, 0.2) is 18.2 Å². The molecule has 21 heavy (non-hydrogen) atoms. The minimum atomic E-state index is -4.81. The number of rotatable bonds is 6. The van der Waals surface area contributed by atoms with Gasteiger partial charge in [-0.1, -0.05) is 0 Å². The molecular formula is C12H15F3N2O3S. The topological polar surface area (TPSA) is 75.4 Å². The number of hydrogen-bond donors (Lipinski definition) is 2. The van der Waals surface area contributed by atoms with Gasteiger partial charge in [0.1, 0.15) is 5.56 Å². The van der Waals surface area contributed by atoms with E-state index in [0.29, 0.717) is 6.07 Å². The number of thioether (sulfide) groups is 1. The van der Waals surface area contributed by atoms with Gasteiger partial charge in [-0.15, -0.1) is 0 Å². The lowest BCUT2D eigenvalue weighted by Crippen LogP contribution is -2.31. The van der Waals surface area contributed by atoms with E-state index >= 15 is 0 Å². The maximum atomic E-state index is 12.8. The van der Waals surface area contributed by atoms with Crippen LogP contribution in [0.5, 0.6) is 0 Å². The number of nitro benzene ring substituents is 1. The average molecular weight is 324 g/mol. The van der Waals surface area contributed by atoms with Gasteiger partial charge >= 0.3 is 6.18 Å². The number of nitrogens with one attached hydrogen (secondary N) is 1. The summed E-state index contributed by atoms with van der Waals surface area (Å²) in [6.45, 7) is 1.58. The van der Waals surface area contributed by atoms with Gasteiger partial charge in [0, 0.05) is 23.0 Å². The molecule has 0 aliphatic heterocycles. The van der Waals surface area contributed by atoms with Crippen molar-refractivity contribution in [3.8, 4) is 0 Å². The van der Waals surface area contributed by atoms with Crippen LogP contribution in [0.3, 0.4) is 0 Å². The minimum Gasteiger partial charge on any atom is -0.395 e. The molecule has 2 N–H and O–H groups in total. The number of aliphatic hydroxyl groups is 1. The lowest BCUT2D eigenvalue weighted by molar-refractivity contribution is -0.388. The molecule has 0 aliphatic carbocycles. The number of hydrogen-bond acceptors (Lipinski definition) is 5. The first-order valence-corrected chi connectivity index (χ1v) is 7.25. The summed E-state index contributed by atoms with van der Waals surface area (Å²) in [5.74, 6) is 0. The van der Waals surface area contributed by atoms with Gasteiger partial charge in [0.25, 0.3) is 5.69 Å². The third-order valence-corrected chi connectivity index (χ3v) is 4.10. The molecule has 2 unspecified atom stereocenters. The van der Waals surface area contributed by atoms with Crippen molar-refractivity contribution in [3.05, 3.63) is 33.9 Å². The molecule has 118 valence electrons. The van der Waals surface area contributed by atoms with Crippen molar-refractivity contribution in [1.82, 2.24) is 0 Å². The van der Waals surface area contributed by atoms with Gasteiger partial charge < -0.3 is 10.4 Å². The van der Waals surface area contributed by atoms with Gasteiger partial charge in [-0.05, 0) is 25.3 Å². The molecule has 1 aromatic rings. The van der Waals surface area contributed by atoms with Gasteiger partial charge in [0.05, 0.1) is 11.5 Å². The van der Waals surface area contributed by atoms with Crippen molar-refractivity contribution in [2.75, 3.05) is 18.2 Å². The van der Waals surface area contributed by atoms with E-state index in [4.69, 9.17) is 5.11 Å². The van der Waals surface area contributed by atoms with Crippen LogP contribution in [0.1, 0.15) is 12.5 Å². The van der Waals surface area contributed by atoms with E-state index in [1.54, 1.807) is 13.2 Å². The highest BCUT2D eigenvalue weighted by molar-refractivity contribution is 7.99. The fourth-order valence-electron chi connectivity index (χ4n) is 1.80. The number of nitro groups is 1. The molecule has 0 fully saturated rings. The molecule has 0 heterocycles. The lowest BCUT2D eigenvalue weighted by atomic mass is 10.1. The Labute approximate surface area is 123 Å². The molecule has 0 radical (unpaired) electrons. The van der Waals surface area contributed by atoms with Crippen LogP contribution < -0.4 is 5.32 Å². The zero-order valence-corrected chi connectivity index (χ0v) is 12.2. The van der Waals surface area contributed by atoms with Crippen LogP contribution in [0.25, 0.3) is 0 Å². The second-order valence-electron chi connectivity index (χ2n) is 4.38. The van der Waals surface area contributed by atoms with E-state index in [-0.39, 0.29) is 23.6 Å². The molecule has 0 saturated carbocycles. The van der Waals surface area contributed by atoms with Gasteiger partial charge in [-0.25, -0.2) is 0 Å². The summed E-state index contributed by atoms with van der Waals surface area (Å²) in [6.07, 6.45) is -3.03. The van der Waals surface area contributed by atoms with Gasteiger partial charge in [-0.3, -0.25) is 10.1 Å². The first-order chi connectivity index (χ1) is 9.70. The smallest absolute Gasteiger partial charge is 0.395 e. The standard InChI is InChI=1S/C12H15F3N2O3S/c1-7(11(6-18)21-2)16-8-3-4-10(17(19)20)9(5-8)12(13,14)15/h3-5,7,11,16,18H,6H2,1-2H3. The molecule has 0 amide bonds. The van der Waals surface area contributed by atoms with E-state index in [9.17, 15) is 23.3 Å². The summed E-state index contributed by atoms with van der Waals surface area (Å²) in [5, 5.41) is 22.4. The molecule has 0 aliphatic rings. The van der Waals surface area contributed by atoms with Gasteiger partial charge in [-0.2, -0.15) is 24.9 Å². The number of alkyl halides is 3. The second-order valence-corrected chi connectivity index (χ2v) is 5.45. The number of benzene rings is 1. The molecule has 0 bridgehead atoms. The van der Waals surface area contributed by atoms with Crippen molar-refractivity contribution in [2.24, 2.45) is 0 Å². The maximum absolute atomic E-state index is 12.8. The molecule has 0 spiro atoms. The normalized spacial score (nSPS) is 14.6. The molecule has 0 aromatic heterocycles. The monoisotopic (exact) mass is 324 g/mol. The van der Waals surface area contributed by atoms with E-state index in [2.05, 4.69) is 5.32 Å². The quantitative estimate of drug-likeness (QED) is 0.621. The fraction of sp³-hybridized carbons (Fsp3) is 0.500. The second kappa shape index (κ2) is 6.99. The number of nitrogens with zero attached hydrogens (tertiary/aromatic N) is 1. The molecule has 1 rings (SSSR count). The maximum Gasteiger partial charge on any atom is 0.423 e. The third-order valence-electron chi connectivity index (χ3n) is 2.93. The average Bonchev–Trinajstić information content (AvgIpc) is 2.38. The first-order valence-electron chi connectivity index (χ1n) is 5.96. The highest BCUT2D eigenvalue weighted by atomic mass is 32.2. The Morgan fingerprint density at radius 3 is 2.52 bits per heavy atom. The first kappa shape index (κ1) is 17.6. The van der Waals surface area contributed by atoms with Crippen molar-refractivity contribution in [3.63, 3.8) is 0 Å². The molecule has 2 atom stereocenters. The Morgan fingerprint density at radius 1 is 1.48 bits per heavy atom. The van der Waals surface area contributed by atoms with Crippen LogP contribution in [0, 0.1) is 10.1 Å². The van der Waals surface area contributed by atoms with Gasteiger partial charge in [0.2, 0.25) is 0 Å². The van der Waals surface area contributed by atoms with Crippen LogP contribution >= 0.6 is 11.8 Å². The van der Waals surface area contributed by atoms with E-state index < -0.39 is 22.4 Å². The molecule has 5 nitrogen and oxygen atoms in total. The Hall–Kier alpha value is -1.48. The molecule has 1 aromatic carbocycles. The van der Waals surface area contributed by atoms with Crippen molar-refractivity contribution in [1.29, 1.82) is 0 Å². The summed E-state index contributed by atoms with van der Waals surface area (Å²) in [4.78, 5) is 9.59. The Kier molecular flexibility index (Phi) is 5.85. The summed E-state index contributed by atoms with van der Waals surface area (Å²) >= 11 is 1.37. The zero-order chi connectivity index (χ0) is 16.2. The predicted octanol–water partition coefficient (Wildman–Crippen LogP) is 3.14. The van der Waals surface area contributed by atoms with Crippen LogP contribution in [0.4, 0.5) is 24.5 Å². The molecule has 0 saturated heterocycles. The zero-order valence-electron chi connectivity index (χ0n) is 11.3. The van der Waals surface area contributed by atoms with Crippen molar-refractivity contribution < 1.29 is 23.2 Å². The van der Waals surface area contributed by atoms with E-state index in [1.165, 1.54) is 17.8 Å². The van der Waals surface area contributed by atoms with Crippen LogP contribution in [-0.2, 0) is 6.18 Å². The van der Waals surface area contributed by atoms with Gasteiger partial charge in [0.15, 0.2) is 0 Å². The SMILES string of the molecule is CSC(CO)C(C)Nc1ccc([N+](=O)[O-])c(C(F)(F)F)c1.